The van der Waals surface area contributed by atoms with E-state index in [9.17, 15) is 10.4 Å². The molecule has 1 N–H and O–H groups in total. The number of benzene rings is 1. The zero-order valence-electron chi connectivity index (χ0n) is 19.7. The van der Waals surface area contributed by atoms with E-state index in [4.69, 9.17) is 4.74 Å². The van der Waals surface area contributed by atoms with Crippen molar-refractivity contribution in [3.8, 4) is 17.9 Å². The quantitative estimate of drug-likeness (QED) is 0.627. The van der Waals surface area contributed by atoms with Crippen LogP contribution < -0.4 is 9.64 Å². The fourth-order valence-electron chi connectivity index (χ4n) is 6.67. The maximum atomic E-state index is 10.7. The second-order valence-electron chi connectivity index (χ2n) is 11.4. The predicted octanol–water partition coefficient (Wildman–Crippen LogP) is 3.51. The number of methoxy groups -OCH3 is 1. The van der Waals surface area contributed by atoms with Crippen molar-refractivity contribution < 1.29 is 9.84 Å². The molecule has 2 aromatic heterocycles. The van der Waals surface area contributed by atoms with Crippen LogP contribution in [0.3, 0.4) is 0 Å². The first-order valence-corrected chi connectivity index (χ1v) is 12.1. The summed E-state index contributed by atoms with van der Waals surface area (Å²) in [5, 5.41) is 26.4. The molecule has 5 aliphatic rings. The molecule has 1 spiro atoms. The third kappa shape index (κ3) is 2.43. The summed E-state index contributed by atoms with van der Waals surface area (Å²) in [6.07, 6.45) is 7.01. The van der Waals surface area contributed by atoms with Gasteiger partial charge in [-0.15, -0.1) is 0 Å². The van der Waals surface area contributed by atoms with Gasteiger partial charge in [-0.05, 0) is 63.0 Å². The van der Waals surface area contributed by atoms with Gasteiger partial charge in [0.15, 0.2) is 5.82 Å². The normalized spacial score (nSPS) is 30.3. The molecule has 0 amide bonds. The maximum absolute atomic E-state index is 10.7. The molecular formula is C26H28N6O2. The van der Waals surface area contributed by atoms with Gasteiger partial charge < -0.3 is 14.7 Å². The highest BCUT2D eigenvalue weighted by atomic mass is 16.5. The van der Waals surface area contributed by atoms with Crippen molar-refractivity contribution in [2.45, 2.75) is 63.0 Å². The molecule has 1 atom stereocenters. The summed E-state index contributed by atoms with van der Waals surface area (Å²) < 4.78 is 7.29. The van der Waals surface area contributed by atoms with Crippen LogP contribution in [0.4, 0.5) is 5.82 Å². The van der Waals surface area contributed by atoms with Crippen LogP contribution in [0.5, 0.6) is 6.01 Å². The van der Waals surface area contributed by atoms with Gasteiger partial charge in [0.2, 0.25) is 0 Å². The number of hydrogen-bond acceptors (Lipinski definition) is 7. The molecule has 8 heteroatoms. The van der Waals surface area contributed by atoms with Crippen molar-refractivity contribution in [1.29, 1.82) is 5.26 Å². The lowest BCUT2D eigenvalue weighted by molar-refractivity contribution is -0.0754. The Kier molecular flexibility index (Phi) is 3.62. The average Bonchev–Trinajstić information content (AvgIpc) is 3.49. The van der Waals surface area contributed by atoms with Crippen molar-refractivity contribution in [2.24, 2.45) is 10.8 Å². The Hall–Kier alpha value is -3.18. The first-order valence-electron chi connectivity index (χ1n) is 12.1. The maximum Gasteiger partial charge on any atom is 0.320 e. The molecule has 5 fully saturated rings. The first-order chi connectivity index (χ1) is 16.2. The first kappa shape index (κ1) is 20.2. The summed E-state index contributed by atoms with van der Waals surface area (Å²) in [4.78, 5) is 11.5. The number of fused-ring (bicyclic) bond motifs is 2. The zero-order chi connectivity index (χ0) is 23.5. The zero-order valence-corrected chi connectivity index (χ0v) is 19.7. The van der Waals surface area contributed by atoms with Gasteiger partial charge >= 0.3 is 6.01 Å². The van der Waals surface area contributed by atoms with Crippen molar-refractivity contribution in [3.05, 3.63) is 36.0 Å². The van der Waals surface area contributed by atoms with E-state index in [1.807, 2.05) is 30.8 Å². The van der Waals surface area contributed by atoms with Gasteiger partial charge in [-0.1, -0.05) is 12.1 Å². The monoisotopic (exact) mass is 456 g/mol. The van der Waals surface area contributed by atoms with Crippen LogP contribution in [0, 0.1) is 22.2 Å². The summed E-state index contributed by atoms with van der Waals surface area (Å²) in [6.45, 7) is 4.58. The van der Waals surface area contributed by atoms with E-state index >= 15 is 0 Å². The Morgan fingerprint density at radius 3 is 2.56 bits per heavy atom. The highest BCUT2D eigenvalue weighted by Gasteiger charge is 2.75. The summed E-state index contributed by atoms with van der Waals surface area (Å²) in [6, 6.07) is 11.5. The topological polar surface area (TPSA) is 100 Å². The van der Waals surface area contributed by atoms with Gasteiger partial charge in [0.1, 0.15) is 5.82 Å². The number of ether oxygens (including phenoxy) is 1. The summed E-state index contributed by atoms with van der Waals surface area (Å²) in [7, 11) is 1.57. The minimum atomic E-state index is -0.731. The SMILES string of the molecule is COc1nc(N2CC3(C(C)(C)O)CC2C3)cc(-n2ncc3ccc(C4(C#N)CC45CC5)cc32)n1. The standard InChI is InChI=1S/C26H28N6O2/c1-23(2,33)25-10-18(11-25)31(15-25)20-9-21(30-22(29-20)34-3)32-19-8-17(5-4-16(19)12-28-32)26(14-27)13-24(26)6-7-24/h4-5,8-9,12,18,33H,6-7,10-11,13,15H2,1-3H3. The van der Waals surface area contributed by atoms with Crippen LogP contribution in [0.1, 0.15) is 51.5 Å². The lowest BCUT2D eigenvalue weighted by Crippen LogP contribution is -2.50. The Balaban J connectivity index is 1.30. The number of aliphatic hydroxyl groups is 1. The second kappa shape index (κ2) is 6.08. The molecule has 1 aromatic carbocycles. The highest BCUT2D eigenvalue weighted by molar-refractivity contribution is 5.82. The molecule has 34 heavy (non-hydrogen) atoms. The third-order valence-electron chi connectivity index (χ3n) is 9.33. The van der Waals surface area contributed by atoms with Crippen LogP contribution in [-0.4, -0.2) is 50.2 Å². The van der Waals surface area contributed by atoms with Crippen LogP contribution >= 0.6 is 0 Å². The molecule has 4 heterocycles. The van der Waals surface area contributed by atoms with Crippen molar-refractivity contribution >= 4 is 16.7 Å². The molecule has 2 bridgehead atoms. The van der Waals surface area contributed by atoms with E-state index in [0.29, 0.717) is 17.9 Å². The molecular weight excluding hydrogens is 428 g/mol. The second-order valence-corrected chi connectivity index (χ2v) is 11.4. The number of anilines is 1. The largest absolute Gasteiger partial charge is 0.467 e. The molecule has 174 valence electrons. The molecule has 2 aliphatic heterocycles. The van der Waals surface area contributed by atoms with Crippen molar-refractivity contribution in [1.82, 2.24) is 19.7 Å². The van der Waals surface area contributed by atoms with E-state index in [2.05, 4.69) is 44.2 Å². The van der Waals surface area contributed by atoms with Gasteiger partial charge in [0.05, 0.1) is 35.9 Å². The van der Waals surface area contributed by atoms with Crippen LogP contribution in [0.15, 0.2) is 30.5 Å². The van der Waals surface area contributed by atoms with E-state index in [0.717, 1.165) is 60.9 Å². The Morgan fingerprint density at radius 2 is 1.94 bits per heavy atom. The number of hydrogen-bond donors (Lipinski definition) is 1. The average molecular weight is 457 g/mol. The van der Waals surface area contributed by atoms with Gasteiger partial charge in [0.25, 0.3) is 0 Å². The Labute approximate surface area is 198 Å². The van der Waals surface area contributed by atoms with Gasteiger partial charge in [0, 0.05) is 29.5 Å². The van der Waals surface area contributed by atoms with Crippen LogP contribution in [0.25, 0.3) is 16.7 Å². The lowest BCUT2D eigenvalue weighted by atomic mass is 9.61. The highest BCUT2D eigenvalue weighted by Crippen LogP contribution is 2.78. The van der Waals surface area contributed by atoms with Crippen molar-refractivity contribution in [3.63, 3.8) is 0 Å². The number of aromatic nitrogens is 4. The number of nitrogens with zero attached hydrogens (tertiary/aromatic N) is 6. The molecule has 3 aliphatic carbocycles. The third-order valence-corrected chi connectivity index (χ3v) is 9.33. The van der Waals surface area contributed by atoms with Crippen molar-refractivity contribution in [2.75, 3.05) is 18.6 Å². The number of nitriles is 1. The minimum Gasteiger partial charge on any atom is -0.467 e. The molecule has 8 nitrogen and oxygen atoms in total. The Morgan fingerprint density at radius 1 is 1.18 bits per heavy atom. The van der Waals surface area contributed by atoms with Gasteiger partial charge in [-0.2, -0.15) is 20.3 Å². The number of rotatable bonds is 5. The molecule has 8 rings (SSSR count). The molecule has 2 saturated heterocycles. The van der Waals surface area contributed by atoms with E-state index < -0.39 is 5.60 Å². The molecule has 0 radical (unpaired) electrons. The fraction of sp³-hybridized carbons (Fsp3) is 0.538. The summed E-state index contributed by atoms with van der Waals surface area (Å²) in [5.74, 6) is 1.43. The fourth-order valence-corrected chi connectivity index (χ4v) is 6.67. The lowest BCUT2D eigenvalue weighted by Gasteiger charge is -2.45. The molecule has 3 aromatic rings. The van der Waals surface area contributed by atoms with E-state index in [-0.39, 0.29) is 16.2 Å². The Bertz CT molecular complexity index is 1390. The molecule has 1 unspecified atom stereocenters. The van der Waals surface area contributed by atoms with Gasteiger partial charge in [-0.3, -0.25) is 0 Å². The van der Waals surface area contributed by atoms with Crippen LogP contribution in [-0.2, 0) is 5.41 Å². The summed E-state index contributed by atoms with van der Waals surface area (Å²) in [5.41, 5.74) is 1.03. The predicted molar refractivity (Wildman–Crippen MR) is 126 cm³/mol. The van der Waals surface area contributed by atoms with Gasteiger partial charge in [-0.25, -0.2) is 4.68 Å². The smallest absolute Gasteiger partial charge is 0.320 e. The van der Waals surface area contributed by atoms with E-state index in [1.165, 1.54) is 0 Å². The molecule has 3 saturated carbocycles. The summed E-state index contributed by atoms with van der Waals surface area (Å²) >= 11 is 0. The minimum absolute atomic E-state index is 0.0992. The van der Waals surface area contributed by atoms with Crippen LogP contribution in [0.2, 0.25) is 0 Å². The van der Waals surface area contributed by atoms with E-state index in [1.54, 1.807) is 7.11 Å².